The minimum absolute atomic E-state index is 0.148. The summed E-state index contributed by atoms with van der Waals surface area (Å²) in [6.07, 6.45) is 3.28. The van der Waals surface area contributed by atoms with Crippen LogP contribution in [0, 0.1) is 0 Å². The molecule has 1 fully saturated rings. The summed E-state index contributed by atoms with van der Waals surface area (Å²) in [6.45, 7) is 0.366. The lowest BCUT2D eigenvalue weighted by Crippen LogP contribution is -2.30. The number of nitrogens with zero attached hydrogens (tertiary/aromatic N) is 2. The Labute approximate surface area is 206 Å². The maximum Gasteiger partial charge on any atom is 0.331 e. The van der Waals surface area contributed by atoms with E-state index in [1.54, 1.807) is 18.2 Å². The molecule has 0 atom stereocenters. The van der Waals surface area contributed by atoms with Crippen LogP contribution in [0.4, 0.5) is 0 Å². The van der Waals surface area contributed by atoms with Gasteiger partial charge in [-0.25, -0.2) is 4.79 Å². The Bertz CT molecular complexity index is 1160. The molecule has 0 radical (unpaired) electrons. The predicted octanol–water partition coefficient (Wildman–Crippen LogP) is 2.04. The van der Waals surface area contributed by atoms with E-state index >= 15 is 0 Å². The number of nitrogens with one attached hydrogen (secondary N) is 2. The van der Waals surface area contributed by atoms with Crippen LogP contribution in [0.2, 0.25) is 0 Å². The SMILES string of the molecule is COC(=O)/C=C1/S/C(=N\N=Cc2ccc(OCC(=O)NCCc3ccccc3)c(OC)c2)NC1=O. The van der Waals surface area contributed by atoms with Crippen LogP contribution in [0.3, 0.4) is 0 Å². The summed E-state index contributed by atoms with van der Waals surface area (Å²) in [6, 6.07) is 14.9. The zero-order chi connectivity index (χ0) is 25.0. The van der Waals surface area contributed by atoms with Crippen molar-refractivity contribution in [2.45, 2.75) is 6.42 Å². The molecule has 1 saturated heterocycles. The molecule has 1 heterocycles. The highest BCUT2D eigenvalue weighted by molar-refractivity contribution is 8.18. The Hall–Kier alpha value is -4.12. The van der Waals surface area contributed by atoms with Gasteiger partial charge < -0.3 is 19.5 Å². The van der Waals surface area contributed by atoms with Crippen LogP contribution < -0.4 is 20.1 Å². The molecule has 0 aromatic heterocycles. The molecular formula is C24H24N4O6S. The highest BCUT2D eigenvalue weighted by Crippen LogP contribution is 2.27. The maximum atomic E-state index is 12.1. The van der Waals surface area contributed by atoms with E-state index in [1.807, 2.05) is 30.3 Å². The number of amides is 2. The molecule has 2 N–H and O–H groups in total. The molecule has 182 valence electrons. The number of methoxy groups -OCH3 is 2. The van der Waals surface area contributed by atoms with E-state index in [0.717, 1.165) is 29.8 Å². The molecule has 2 aromatic carbocycles. The minimum Gasteiger partial charge on any atom is -0.493 e. The largest absolute Gasteiger partial charge is 0.493 e. The van der Waals surface area contributed by atoms with Crippen LogP contribution in [-0.4, -0.2) is 56.5 Å². The summed E-state index contributed by atoms with van der Waals surface area (Å²) in [5, 5.41) is 13.4. The van der Waals surface area contributed by atoms with Crippen molar-refractivity contribution in [2.24, 2.45) is 10.2 Å². The van der Waals surface area contributed by atoms with E-state index < -0.39 is 11.9 Å². The van der Waals surface area contributed by atoms with Crippen LogP contribution in [0.15, 0.2) is 69.7 Å². The van der Waals surface area contributed by atoms with Gasteiger partial charge in [0.25, 0.3) is 11.8 Å². The summed E-state index contributed by atoms with van der Waals surface area (Å²) in [7, 11) is 2.71. The second kappa shape index (κ2) is 12.9. The molecule has 2 aromatic rings. The Kier molecular flexibility index (Phi) is 9.43. The number of rotatable bonds is 10. The number of carbonyl (C=O) groups is 3. The van der Waals surface area contributed by atoms with E-state index in [2.05, 4.69) is 25.6 Å². The van der Waals surface area contributed by atoms with Crippen LogP contribution in [0.5, 0.6) is 11.5 Å². The molecular weight excluding hydrogens is 472 g/mol. The Balaban J connectivity index is 1.51. The van der Waals surface area contributed by atoms with Crippen molar-refractivity contribution in [2.75, 3.05) is 27.4 Å². The molecule has 10 nitrogen and oxygen atoms in total. The van der Waals surface area contributed by atoms with E-state index in [4.69, 9.17) is 9.47 Å². The molecule has 0 aliphatic carbocycles. The van der Waals surface area contributed by atoms with Crippen molar-refractivity contribution in [3.8, 4) is 11.5 Å². The fourth-order valence-electron chi connectivity index (χ4n) is 2.86. The molecule has 0 unspecified atom stereocenters. The van der Waals surface area contributed by atoms with Gasteiger partial charge in [-0.05, 0) is 47.5 Å². The summed E-state index contributed by atoms with van der Waals surface area (Å²) < 4.78 is 15.4. The Morgan fingerprint density at radius 2 is 1.91 bits per heavy atom. The third-order valence-electron chi connectivity index (χ3n) is 4.58. The first-order chi connectivity index (χ1) is 17.0. The van der Waals surface area contributed by atoms with E-state index in [0.29, 0.717) is 23.6 Å². The highest BCUT2D eigenvalue weighted by atomic mass is 32.2. The number of esters is 1. The normalized spacial score (nSPS) is 15.3. The molecule has 0 spiro atoms. The van der Waals surface area contributed by atoms with Crippen molar-refractivity contribution in [3.63, 3.8) is 0 Å². The lowest BCUT2D eigenvalue weighted by atomic mass is 10.1. The van der Waals surface area contributed by atoms with E-state index in [9.17, 15) is 14.4 Å². The van der Waals surface area contributed by atoms with Gasteiger partial charge in [-0.2, -0.15) is 5.10 Å². The number of carbonyl (C=O) groups excluding carboxylic acids is 3. The van der Waals surface area contributed by atoms with Crippen LogP contribution in [0.1, 0.15) is 11.1 Å². The van der Waals surface area contributed by atoms with Gasteiger partial charge in [0.05, 0.1) is 25.3 Å². The van der Waals surface area contributed by atoms with Crippen molar-refractivity contribution < 1.29 is 28.6 Å². The number of hydrogen-bond donors (Lipinski definition) is 2. The van der Waals surface area contributed by atoms with Gasteiger partial charge in [-0.1, -0.05) is 30.3 Å². The van der Waals surface area contributed by atoms with Gasteiger partial charge in [0.2, 0.25) is 0 Å². The van der Waals surface area contributed by atoms with Gasteiger partial charge >= 0.3 is 5.97 Å². The summed E-state index contributed by atoms with van der Waals surface area (Å²) in [5.41, 5.74) is 1.80. The fourth-order valence-corrected chi connectivity index (χ4v) is 3.60. The van der Waals surface area contributed by atoms with Crippen LogP contribution in [0.25, 0.3) is 0 Å². The van der Waals surface area contributed by atoms with Gasteiger partial charge in [0, 0.05) is 12.6 Å². The molecule has 0 saturated carbocycles. The summed E-state index contributed by atoms with van der Waals surface area (Å²) in [4.78, 5) is 35.4. The average Bonchev–Trinajstić information content (AvgIpc) is 3.22. The maximum absolute atomic E-state index is 12.1. The molecule has 2 amide bonds. The van der Waals surface area contributed by atoms with Crippen LogP contribution >= 0.6 is 11.8 Å². The number of amidine groups is 1. The Morgan fingerprint density at radius 1 is 1.11 bits per heavy atom. The summed E-state index contributed by atoms with van der Waals surface area (Å²) >= 11 is 0.974. The second-order valence-corrected chi connectivity index (χ2v) is 8.05. The van der Waals surface area contributed by atoms with Gasteiger partial charge in [0.15, 0.2) is 23.3 Å². The predicted molar refractivity (Wildman–Crippen MR) is 133 cm³/mol. The molecule has 3 rings (SSSR count). The monoisotopic (exact) mass is 496 g/mol. The molecule has 1 aliphatic heterocycles. The minimum atomic E-state index is -0.633. The molecule has 1 aliphatic rings. The first-order valence-electron chi connectivity index (χ1n) is 10.5. The van der Waals surface area contributed by atoms with Crippen molar-refractivity contribution >= 4 is 40.9 Å². The zero-order valence-corrected chi connectivity index (χ0v) is 20.0. The van der Waals surface area contributed by atoms with Gasteiger partial charge in [-0.3, -0.25) is 14.9 Å². The fraction of sp³-hybridized carbons (Fsp3) is 0.208. The number of benzene rings is 2. The first-order valence-corrected chi connectivity index (χ1v) is 11.3. The average molecular weight is 497 g/mol. The van der Waals surface area contributed by atoms with Crippen molar-refractivity contribution in [3.05, 3.63) is 70.6 Å². The Morgan fingerprint density at radius 3 is 2.66 bits per heavy atom. The second-order valence-electron chi connectivity index (χ2n) is 7.02. The summed E-state index contributed by atoms with van der Waals surface area (Å²) in [5.74, 6) is -0.495. The smallest absolute Gasteiger partial charge is 0.331 e. The topological polar surface area (TPSA) is 128 Å². The third kappa shape index (κ3) is 8.00. The van der Waals surface area contributed by atoms with Gasteiger partial charge in [0.1, 0.15) is 0 Å². The number of ether oxygens (including phenoxy) is 3. The first kappa shape index (κ1) is 25.5. The van der Waals surface area contributed by atoms with Gasteiger partial charge in [-0.15, -0.1) is 5.10 Å². The number of thioether (sulfide) groups is 1. The number of hydrogen-bond acceptors (Lipinski definition) is 9. The van der Waals surface area contributed by atoms with E-state index in [1.165, 1.54) is 20.4 Å². The molecule has 11 heteroatoms. The molecule has 35 heavy (non-hydrogen) atoms. The van der Waals surface area contributed by atoms with Crippen molar-refractivity contribution in [1.29, 1.82) is 0 Å². The van der Waals surface area contributed by atoms with Crippen molar-refractivity contribution in [1.82, 2.24) is 10.6 Å². The standard InChI is InChI=1S/C24H24N4O6S/c1-32-19-12-17(14-26-28-24-27-23(31)20(35-24)13-22(30)33-2)8-9-18(19)34-15-21(29)25-11-10-16-6-4-3-5-7-16/h3-9,12-14H,10-11,15H2,1-2H3,(H,25,29)(H,27,28,31)/b20-13+,26-14?. The molecule has 0 bridgehead atoms. The third-order valence-corrected chi connectivity index (χ3v) is 5.48. The zero-order valence-electron chi connectivity index (χ0n) is 19.1. The quantitative estimate of drug-likeness (QED) is 0.223. The van der Waals surface area contributed by atoms with Crippen LogP contribution in [-0.2, 0) is 25.5 Å². The highest BCUT2D eigenvalue weighted by Gasteiger charge is 2.25. The lowest BCUT2D eigenvalue weighted by molar-refractivity contribution is -0.135. The van der Waals surface area contributed by atoms with E-state index in [-0.39, 0.29) is 22.6 Å². The lowest BCUT2D eigenvalue weighted by Gasteiger charge is -2.11.